The van der Waals surface area contributed by atoms with E-state index < -0.39 is 0 Å². The second kappa shape index (κ2) is 4.71. The summed E-state index contributed by atoms with van der Waals surface area (Å²) in [6, 6.07) is 16.1. The largest absolute Gasteiger partial charge is 0.322 e. The van der Waals surface area contributed by atoms with E-state index in [0.717, 1.165) is 12.1 Å². The van der Waals surface area contributed by atoms with Gasteiger partial charge in [0.1, 0.15) is 0 Å². The van der Waals surface area contributed by atoms with Crippen molar-refractivity contribution in [2.45, 2.75) is 12.5 Å². The van der Waals surface area contributed by atoms with Crippen LogP contribution in [0.3, 0.4) is 0 Å². The van der Waals surface area contributed by atoms with Crippen LogP contribution in [0, 0.1) is 0 Å². The minimum absolute atomic E-state index is 0.0198. The Kier molecular flexibility index (Phi) is 3.10. The summed E-state index contributed by atoms with van der Waals surface area (Å²) in [7, 11) is 0. The molecule has 76 valence electrons. The number of rotatable bonds is 3. The molecule has 1 atom stereocenters. The van der Waals surface area contributed by atoms with E-state index in [4.69, 9.17) is 5.73 Å². The van der Waals surface area contributed by atoms with Gasteiger partial charge in [0.2, 0.25) is 0 Å². The third-order valence-electron chi connectivity index (χ3n) is 2.37. The molecular formula is C13H14N2. The molecule has 0 spiro atoms. The first-order valence-electron chi connectivity index (χ1n) is 5.06. The molecule has 1 aromatic carbocycles. The summed E-state index contributed by atoms with van der Waals surface area (Å²) in [6.07, 6.45) is 2.61. The van der Waals surface area contributed by atoms with Gasteiger partial charge in [0, 0.05) is 6.20 Å². The number of nitrogens with two attached hydrogens (primary N) is 1. The van der Waals surface area contributed by atoms with Gasteiger partial charge in [-0.3, -0.25) is 4.98 Å². The van der Waals surface area contributed by atoms with E-state index in [1.54, 1.807) is 6.20 Å². The Bertz CT molecular complexity index is 397. The van der Waals surface area contributed by atoms with Crippen molar-refractivity contribution in [3.63, 3.8) is 0 Å². The monoisotopic (exact) mass is 198 g/mol. The average molecular weight is 198 g/mol. The van der Waals surface area contributed by atoms with Crippen LogP contribution in [0.5, 0.6) is 0 Å². The van der Waals surface area contributed by atoms with Crippen LogP contribution in [0.2, 0.25) is 0 Å². The summed E-state index contributed by atoms with van der Waals surface area (Å²) in [4.78, 5) is 4.25. The Morgan fingerprint density at radius 2 is 1.73 bits per heavy atom. The molecule has 0 aliphatic carbocycles. The van der Waals surface area contributed by atoms with Crippen LogP contribution in [-0.2, 0) is 6.42 Å². The highest BCUT2D eigenvalue weighted by atomic mass is 14.8. The number of benzene rings is 1. The quantitative estimate of drug-likeness (QED) is 0.822. The van der Waals surface area contributed by atoms with Crippen molar-refractivity contribution in [2.75, 3.05) is 0 Å². The van der Waals surface area contributed by atoms with Crippen molar-refractivity contribution < 1.29 is 0 Å². The molecule has 0 unspecified atom stereocenters. The van der Waals surface area contributed by atoms with Gasteiger partial charge in [0.25, 0.3) is 0 Å². The van der Waals surface area contributed by atoms with E-state index in [0.29, 0.717) is 0 Å². The molecule has 0 amide bonds. The molecule has 0 bridgehead atoms. The maximum atomic E-state index is 6.06. The van der Waals surface area contributed by atoms with Crippen LogP contribution in [0.4, 0.5) is 0 Å². The van der Waals surface area contributed by atoms with Crippen LogP contribution in [-0.4, -0.2) is 4.98 Å². The summed E-state index contributed by atoms with van der Waals surface area (Å²) >= 11 is 0. The first kappa shape index (κ1) is 9.87. The minimum Gasteiger partial charge on any atom is -0.322 e. The lowest BCUT2D eigenvalue weighted by molar-refractivity contribution is 0.696. The van der Waals surface area contributed by atoms with E-state index in [1.807, 2.05) is 36.4 Å². The van der Waals surface area contributed by atoms with Crippen molar-refractivity contribution in [2.24, 2.45) is 5.73 Å². The summed E-state index contributed by atoms with van der Waals surface area (Å²) in [6.45, 7) is 0. The van der Waals surface area contributed by atoms with Crippen LogP contribution in [0.25, 0.3) is 0 Å². The van der Waals surface area contributed by atoms with E-state index >= 15 is 0 Å². The van der Waals surface area contributed by atoms with Crippen molar-refractivity contribution in [1.29, 1.82) is 0 Å². The fraction of sp³-hybridized carbons (Fsp3) is 0.154. The molecule has 2 nitrogen and oxygen atoms in total. The number of nitrogens with zero attached hydrogens (tertiary/aromatic N) is 1. The highest BCUT2D eigenvalue weighted by Crippen LogP contribution is 2.12. The van der Waals surface area contributed by atoms with Gasteiger partial charge >= 0.3 is 0 Å². The highest BCUT2D eigenvalue weighted by Gasteiger charge is 2.06. The van der Waals surface area contributed by atoms with Gasteiger partial charge in [-0.25, -0.2) is 0 Å². The number of aromatic nitrogens is 1. The molecule has 2 heteroatoms. The zero-order valence-electron chi connectivity index (χ0n) is 8.51. The Morgan fingerprint density at radius 3 is 2.40 bits per heavy atom. The Hall–Kier alpha value is -1.67. The van der Waals surface area contributed by atoms with Crippen LogP contribution < -0.4 is 5.73 Å². The second-order valence-electron chi connectivity index (χ2n) is 3.55. The van der Waals surface area contributed by atoms with Crippen molar-refractivity contribution in [1.82, 2.24) is 4.98 Å². The lowest BCUT2D eigenvalue weighted by Crippen LogP contribution is -2.14. The predicted octanol–water partition coefficient (Wildman–Crippen LogP) is 2.32. The second-order valence-corrected chi connectivity index (χ2v) is 3.55. The predicted molar refractivity (Wildman–Crippen MR) is 61.3 cm³/mol. The molecular weight excluding hydrogens is 184 g/mol. The van der Waals surface area contributed by atoms with E-state index in [9.17, 15) is 0 Å². The zero-order chi connectivity index (χ0) is 10.5. The molecule has 2 rings (SSSR count). The molecule has 0 aliphatic rings. The number of hydrogen-bond donors (Lipinski definition) is 1. The van der Waals surface area contributed by atoms with Crippen molar-refractivity contribution >= 4 is 0 Å². The Balaban J connectivity index is 2.08. The zero-order valence-corrected chi connectivity index (χ0v) is 8.51. The summed E-state index contributed by atoms with van der Waals surface area (Å²) < 4.78 is 0. The standard InChI is InChI=1S/C13H14N2/c14-12(13-8-4-5-9-15-13)10-11-6-2-1-3-7-11/h1-9,12H,10,14H2/t12-/m0/s1. The average Bonchev–Trinajstić information content (AvgIpc) is 2.31. The first-order valence-corrected chi connectivity index (χ1v) is 5.06. The van der Waals surface area contributed by atoms with Gasteiger partial charge in [-0.1, -0.05) is 36.4 Å². The third kappa shape index (κ3) is 2.64. The fourth-order valence-corrected chi connectivity index (χ4v) is 1.57. The molecule has 0 radical (unpaired) electrons. The Morgan fingerprint density at radius 1 is 1.00 bits per heavy atom. The molecule has 15 heavy (non-hydrogen) atoms. The maximum absolute atomic E-state index is 6.06. The molecule has 2 aromatic rings. The normalized spacial score (nSPS) is 12.3. The van der Waals surface area contributed by atoms with Crippen molar-refractivity contribution in [3.8, 4) is 0 Å². The lowest BCUT2D eigenvalue weighted by Gasteiger charge is -2.10. The molecule has 2 N–H and O–H groups in total. The van der Waals surface area contributed by atoms with Gasteiger partial charge in [-0.15, -0.1) is 0 Å². The molecule has 1 heterocycles. The van der Waals surface area contributed by atoms with Crippen LogP contribution in [0.1, 0.15) is 17.3 Å². The van der Waals surface area contributed by atoms with Crippen molar-refractivity contribution in [3.05, 3.63) is 66.0 Å². The van der Waals surface area contributed by atoms with Gasteiger partial charge in [0.05, 0.1) is 11.7 Å². The lowest BCUT2D eigenvalue weighted by atomic mass is 10.0. The number of pyridine rings is 1. The summed E-state index contributed by atoms with van der Waals surface area (Å²) in [5.41, 5.74) is 8.26. The molecule has 1 aromatic heterocycles. The first-order chi connectivity index (χ1) is 7.36. The highest BCUT2D eigenvalue weighted by molar-refractivity contribution is 5.18. The maximum Gasteiger partial charge on any atom is 0.0574 e. The van der Waals surface area contributed by atoms with E-state index in [1.165, 1.54) is 5.56 Å². The minimum atomic E-state index is -0.0198. The molecule has 0 aliphatic heterocycles. The van der Waals surface area contributed by atoms with Crippen LogP contribution in [0.15, 0.2) is 54.7 Å². The van der Waals surface area contributed by atoms with Gasteiger partial charge in [-0.2, -0.15) is 0 Å². The smallest absolute Gasteiger partial charge is 0.0574 e. The third-order valence-corrected chi connectivity index (χ3v) is 2.37. The van der Waals surface area contributed by atoms with E-state index in [-0.39, 0.29) is 6.04 Å². The van der Waals surface area contributed by atoms with Gasteiger partial charge in [-0.05, 0) is 24.1 Å². The van der Waals surface area contributed by atoms with E-state index in [2.05, 4.69) is 17.1 Å². The number of hydrogen-bond acceptors (Lipinski definition) is 2. The molecule has 0 saturated heterocycles. The summed E-state index contributed by atoms with van der Waals surface area (Å²) in [5, 5.41) is 0. The summed E-state index contributed by atoms with van der Waals surface area (Å²) in [5.74, 6) is 0. The van der Waals surface area contributed by atoms with Crippen LogP contribution >= 0.6 is 0 Å². The van der Waals surface area contributed by atoms with Gasteiger partial charge in [0.15, 0.2) is 0 Å². The SMILES string of the molecule is N[C@@H](Cc1ccccc1)c1ccccn1. The topological polar surface area (TPSA) is 38.9 Å². The van der Waals surface area contributed by atoms with Gasteiger partial charge < -0.3 is 5.73 Å². The molecule has 0 saturated carbocycles. The fourth-order valence-electron chi connectivity index (χ4n) is 1.57. The molecule has 0 fully saturated rings. The Labute approximate surface area is 89.8 Å².